The second-order valence-electron chi connectivity index (χ2n) is 6.81. The summed E-state index contributed by atoms with van der Waals surface area (Å²) in [5, 5.41) is 4.25. The fourth-order valence-electron chi connectivity index (χ4n) is 3.78. The quantitative estimate of drug-likeness (QED) is 0.798. The second-order valence-corrected chi connectivity index (χ2v) is 6.81. The summed E-state index contributed by atoms with van der Waals surface area (Å²) in [6.45, 7) is 10.6. The Bertz CT molecular complexity index is 549. The van der Waals surface area contributed by atoms with Gasteiger partial charge < -0.3 is 4.90 Å². The van der Waals surface area contributed by atoms with Gasteiger partial charge in [0, 0.05) is 38.5 Å². The smallest absolute Gasteiger partial charge is 0.248 e. The minimum absolute atomic E-state index is 0.139. The van der Waals surface area contributed by atoms with Crippen LogP contribution in [0.2, 0.25) is 0 Å². The molecule has 0 unspecified atom stereocenters. The van der Waals surface area contributed by atoms with Gasteiger partial charge in [0.15, 0.2) is 0 Å². The molecule has 0 saturated carbocycles. The number of aromatic nitrogens is 2. The Labute approximate surface area is 132 Å². The second kappa shape index (κ2) is 6.24. The third-order valence-electron chi connectivity index (χ3n) is 5.17. The maximum Gasteiger partial charge on any atom is 0.248 e. The molecular weight excluding hydrogens is 276 g/mol. The zero-order valence-electron chi connectivity index (χ0n) is 13.7. The number of carbonyl (C=O) groups is 1. The average Bonchev–Trinajstić information content (AvgIpc) is 3.03. The first-order valence-electron chi connectivity index (χ1n) is 8.18. The van der Waals surface area contributed by atoms with Crippen molar-refractivity contribution in [2.24, 2.45) is 18.9 Å². The van der Waals surface area contributed by atoms with Gasteiger partial charge in [0.05, 0.1) is 5.69 Å². The van der Waals surface area contributed by atoms with Gasteiger partial charge in [-0.1, -0.05) is 6.58 Å². The van der Waals surface area contributed by atoms with E-state index in [-0.39, 0.29) is 5.91 Å². The van der Waals surface area contributed by atoms with Crippen LogP contribution in [0.25, 0.3) is 0 Å². The van der Waals surface area contributed by atoms with Crippen molar-refractivity contribution in [1.82, 2.24) is 19.6 Å². The summed E-state index contributed by atoms with van der Waals surface area (Å²) in [6, 6.07) is 2.10. The van der Waals surface area contributed by atoms with Gasteiger partial charge >= 0.3 is 0 Å². The number of hydrogen-bond acceptors (Lipinski definition) is 3. The highest BCUT2D eigenvalue weighted by Crippen LogP contribution is 2.32. The Hall–Kier alpha value is -1.62. The van der Waals surface area contributed by atoms with Crippen LogP contribution in [0.1, 0.15) is 25.5 Å². The first-order chi connectivity index (χ1) is 10.5. The van der Waals surface area contributed by atoms with Gasteiger partial charge in [0.2, 0.25) is 5.91 Å². The highest BCUT2D eigenvalue weighted by Gasteiger charge is 2.36. The van der Waals surface area contributed by atoms with Gasteiger partial charge in [-0.2, -0.15) is 5.10 Å². The van der Waals surface area contributed by atoms with Crippen LogP contribution >= 0.6 is 0 Å². The van der Waals surface area contributed by atoms with E-state index in [2.05, 4.69) is 22.6 Å². The lowest BCUT2D eigenvalue weighted by molar-refractivity contribution is -0.126. The van der Waals surface area contributed by atoms with Crippen LogP contribution < -0.4 is 0 Å². The molecule has 2 aliphatic rings. The van der Waals surface area contributed by atoms with Crippen molar-refractivity contribution < 1.29 is 4.79 Å². The first-order valence-corrected chi connectivity index (χ1v) is 8.18. The van der Waals surface area contributed by atoms with E-state index < -0.39 is 0 Å². The molecule has 22 heavy (non-hydrogen) atoms. The summed E-state index contributed by atoms with van der Waals surface area (Å²) in [5.74, 6) is 1.44. The molecule has 3 heterocycles. The van der Waals surface area contributed by atoms with Crippen LogP contribution in [-0.2, 0) is 18.4 Å². The molecule has 1 aromatic rings. The highest BCUT2D eigenvalue weighted by molar-refractivity contribution is 5.92. The van der Waals surface area contributed by atoms with Gasteiger partial charge in [-0.25, -0.2) is 0 Å². The maximum atomic E-state index is 12.1. The average molecular weight is 302 g/mol. The van der Waals surface area contributed by atoms with Gasteiger partial charge in [0.1, 0.15) is 0 Å². The Balaban J connectivity index is 1.57. The standard InChI is InChI=1S/C17H26N4O/c1-13(2)17(22)21-10-14-5-8-20(9-6-15(14)11-21)12-16-4-7-18-19(16)3/h4,7,14-15H,1,5-6,8-12H2,2-3H3/t14-,15+. The molecule has 0 N–H and O–H groups in total. The number of hydrogen-bond donors (Lipinski definition) is 0. The highest BCUT2D eigenvalue weighted by atomic mass is 16.2. The molecular formula is C17H26N4O. The lowest BCUT2D eigenvalue weighted by atomic mass is 9.92. The molecule has 3 rings (SSSR count). The van der Waals surface area contributed by atoms with E-state index in [0.717, 1.165) is 32.7 Å². The summed E-state index contributed by atoms with van der Waals surface area (Å²) in [6.07, 6.45) is 4.23. The molecule has 0 bridgehead atoms. The molecule has 2 fully saturated rings. The minimum Gasteiger partial charge on any atom is -0.338 e. The van der Waals surface area contributed by atoms with Gasteiger partial charge in [-0.3, -0.25) is 14.4 Å². The predicted molar refractivity (Wildman–Crippen MR) is 86.1 cm³/mol. The van der Waals surface area contributed by atoms with Gasteiger partial charge in [0.25, 0.3) is 0 Å². The van der Waals surface area contributed by atoms with Crippen LogP contribution in [0.15, 0.2) is 24.4 Å². The molecule has 0 radical (unpaired) electrons. The normalized spacial score (nSPS) is 25.8. The predicted octanol–water partition coefficient (Wildman–Crippen LogP) is 1.67. The van der Waals surface area contributed by atoms with E-state index in [9.17, 15) is 4.79 Å². The van der Waals surface area contributed by atoms with Crippen molar-refractivity contribution in [2.45, 2.75) is 26.3 Å². The molecule has 0 spiro atoms. The molecule has 2 atom stereocenters. The summed E-state index contributed by atoms with van der Waals surface area (Å²) >= 11 is 0. The lowest BCUT2D eigenvalue weighted by Gasteiger charge is -2.22. The third-order valence-corrected chi connectivity index (χ3v) is 5.17. The van der Waals surface area contributed by atoms with E-state index in [1.165, 1.54) is 18.5 Å². The molecule has 0 aromatic carbocycles. The maximum absolute atomic E-state index is 12.1. The number of nitrogens with zero attached hydrogens (tertiary/aromatic N) is 4. The van der Waals surface area contributed by atoms with E-state index in [1.54, 1.807) is 0 Å². The van der Waals surface area contributed by atoms with Crippen molar-refractivity contribution >= 4 is 5.91 Å². The molecule has 1 amide bonds. The Morgan fingerprint density at radius 2 is 1.95 bits per heavy atom. The van der Waals surface area contributed by atoms with E-state index in [0.29, 0.717) is 17.4 Å². The summed E-state index contributed by atoms with van der Waals surface area (Å²) in [5.41, 5.74) is 1.93. The molecule has 5 heteroatoms. The van der Waals surface area contributed by atoms with E-state index in [4.69, 9.17) is 0 Å². The van der Waals surface area contributed by atoms with Crippen molar-refractivity contribution in [3.63, 3.8) is 0 Å². The minimum atomic E-state index is 0.139. The fraction of sp³-hybridized carbons (Fsp3) is 0.647. The van der Waals surface area contributed by atoms with E-state index in [1.807, 2.05) is 29.7 Å². The monoisotopic (exact) mass is 302 g/mol. The largest absolute Gasteiger partial charge is 0.338 e. The number of fused-ring (bicyclic) bond motifs is 1. The molecule has 0 aliphatic carbocycles. The van der Waals surface area contributed by atoms with Crippen LogP contribution in [-0.4, -0.2) is 51.7 Å². The molecule has 2 aliphatic heterocycles. The van der Waals surface area contributed by atoms with Crippen molar-refractivity contribution in [3.05, 3.63) is 30.1 Å². The third kappa shape index (κ3) is 3.09. The van der Waals surface area contributed by atoms with Crippen LogP contribution in [0.4, 0.5) is 0 Å². The lowest BCUT2D eigenvalue weighted by Crippen LogP contribution is -2.31. The molecule has 5 nitrogen and oxygen atoms in total. The topological polar surface area (TPSA) is 41.4 Å². The van der Waals surface area contributed by atoms with Crippen LogP contribution in [0.5, 0.6) is 0 Å². The SMILES string of the molecule is C=C(C)C(=O)N1C[C@H]2CCN(Cc3ccnn3C)CC[C@H]2C1. The zero-order valence-corrected chi connectivity index (χ0v) is 13.7. The van der Waals surface area contributed by atoms with Gasteiger partial charge in [-0.05, 0) is 50.8 Å². The van der Waals surface area contributed by atoms with Crippen molar-refractivity contribution in [2.75, 3.05) is 26.2 Å². The number of amides is 1. The molecule has 1 aromatic heterocycles. The number of carbonyl (C=O) groups excluding carboxylic acids is 1. The number of rotatable bonds is 3. The zero-order chi connectivity index (χ0) is 15.7. The van der Waals surface area contributed by atoms with Crippen molar-refractivity contribution in [1.29, 1.82) is 0 Å². The summed E-state index contributed by atoms with van der Waals surface area (Å²) in [7, 11) is 2.00. The van der Waals surface area contributed by atoms with Gasteiger partial charge in [-0.15, -0.1) is 0 Å². The van der Waals surface area contributed by atoms with Crippen LogP contribution in [0.3, 0.4) is 0 Å². The fourth-order valence-corrected chi connectivity index (χ4v) is 3.78. The molecule has 120 valence electrons. The van der Waals surface area contributed by atoms with E-state index >= 15 is 0 Å². The summed E-state index contributed by atoms with van der Waals surface area (Å²) < 4.78 is 1.96. The van der Waals surface area contributed by atoms with Crippen molar-refractivity contribution in [3.8, 4) is 0 Å². The Morgan fingerprint density at radius 3 is 2.45 bits per heavy atom. The Morgan fingerprint density at radius 1 is 1.32 bits per heavy atom. The Kier molecular flexibility index (Phi) is 4.34. The first kappa shape index (κ1) is 15.3. The summed E-state index contributed by atoms with van der Waals surface area (Å²) in [4.78, 5) is 16.6. The number of aryl methyl sites for hydroxylation is 1. The molecule has 2 saturated heterocycles. The van der Waals surface area contributed by atoms with Crippen LogP contribution in [0, 0.1) is 11.8 Å². The number of likely N-dealkylation sites (tertiary alicyclic amines) is 2.